The van der Waals surface area contributed by atoms with E-state index in [9.17, 15) is 4.79 Å². The van der Waals surface area contributed by atoms with Gasteiger partial charge in [-0.25, -0.2) is 4.68 Å². The van der Waals surface area contributed by atoms with Crippen molar-refractivity contribution in [3.8, 4) is 5.69 Å². The van der Waals surface area contributed by atoms with Gasteiger partial charge in [-0.3, -0.25) is 4.79 Å². The van der Waals surface area contributed by atoms with Gasteiger partial charge in [0.05, 0.1) is 11.9 Å². The van der Waals surface area contributed by atoms with Crippen molar-refractivity contribution in [3.63, 3.8) is 0 Å². The van der Waals surface area contributed by atoms with Gasteiger partial charge in [0.1, 0.15) is 0 Å². The first-order chi connectivity index (χ1) is 7.16. The number of hydrogen-bond donors (Lipinski definition) is 1. The van der Waals surface area contributed by atoms with Gasteiger partial charge < -0.3 is 5.73 Å². The summed E-state index contributed by atoms with van der Waals surface area (Å²) in [5, 5.41) is 8.01. The zero-order valence-corrected chi connectivity index (χ0v) is 8.35. The molecule has 5 nitrogen and oxygen atoms in total. The fourth-order valence-electron chi connectivity index (χ4n) is 1.10. The lowest BCUT2D eigenvalue weighted by Crippen LogP contribution is -2.11. The predicted octanol–water partition coefficient (Wildman–Crippen LogP) is 1.02. The molecule has 2 rings (SSSR count). The van der Waals surface area contributed by atoms with Gasteiger partial charge in [0, 0.05) is 5.02 Å². The standard InChI is InChI=1S/C9H7ClN4O/c10-6-1-3-7(4-2-6)14-5-8(9(11)15)12-13-14/h1-5H,(H2,11,15). The second-order valence-corrected chi connectivity index (χ2v) is 3.33. The highest BCUT2D eigenvalue weighted by Crippen LogP contribution is 2.12. The molecule has 2 N–H and O–H groups in total. The average molecular weight is 223 g/mol. The molecule has 0 atom stereocenters. The number of halogens is 1. The molecule has 0 aliphatic heterocycles. The number of carbonyl (C=O) groups excluding carboxylic acids is 1. The van der Waals surface area contributed by atoms with E-state index in [1.54, 1.807) is 24.3 Å². The normalized spacial score (nSPS) is 10.2. The van der Waals surface area contributed by atoms with Crippen LogP contribution in [0.3, 0.4) is 0 Å². The Morgan fingerprint density at radius 3 is 2.53 bits per heavy atom. The van der Waals surface area contributed by atoms with Crippen LogP contribution in [0.1, 0.15) is 10.5 Å². The fourth-order valence-corrected chi connectivity index (χ4v) is 1.22. The molecule has 0 saturated heterocycles. The minimum absolute atomic E-state index is 0.130. The van der Waals surface area contributed by atoms with Crippen molar-refractivity contribution in [2.24, 2.45) is 5.73 Å². The van der Waals surface area contributed by atoms with E-state index >= 15 is 0 Å². The van der Waals surface area contributed by atoms with Crippen LogP contribution in [0.25, 0.3) is 5.69 Å². The Kier molecular flexibility index (Phi) is 2.39. The highest BCUT2D eigenvalue weighted by atomic mass is 35.5. The van der Waals surface area contributed by atoms with Gasteiger partial charge in [-0.05, 0) is 24.3 Å². The SMILES string of the molecule is NC(=O)c1cn(-c2ccc(Cl)cc2)nn1. The third kappa shape index (κ3) is 1.97. The molecule has 76 valence electrons. The van der Waals surface area contributed by atoms with Gasteiger partial charge in [0.25, 0.3) is 5.91 Å². The van der Waals surface area contributed by atoms with E-state index in [-0.39, 0.29) is 5.69 Å². The average Bonchev–Trinajstić information content (AvgIpc) is 2.68. The maximum Gasteiger partial charge on any atom is 0.270 e. The summed E-state index contributed by atoms with van der Waals surface area (Å²) in [6, 6.07) is 6.98. The van der Waals surface area contributed by atoms with Crippen LogP contribution in [-0.4, -0.2) is 20.9 Å². The van der Waals surface area contributed by atoms with Gasteiger partial charge in [-0.2, -0.15) is 0 Å². The minimum atomic E-state index is -0.602. The number of benzene rings is 1. The maximum absolute atomic E-state index is 10.8. The summed E-state index contributed by atoms with van der Waals surface area (Å²) in [7, 11) is 0. The van der Waals surface area contributed by atoms with Crippen LogP contribution in [0, 0.1) is 0 Å². The van der Waals surface area contributed by atoms with Gasteiger partial charge >= 0.3 is 0 Å². The Balaban J connectivity index is 2.37. The van der Waals surface area contributed by atoms with Gasteiger partial charge in [0.15, 0.2) is 5.69 Å². The first-order valence-electron chi connectivity index (χ1n) is 4.15. The summed E-state index contributed by atoms with van der Waals surface area (Å²) < 4.78 is 1.45. The van der Waals surface area contributed by atoms with Crippen LogP contribution in [0.4, 0.5) is 0 Å². The first kappa shape index (κ1) is 9.67. The van der Waals surface area contributed by atoms with E-state index in [0.29, 0.717) is 5.02 Å². The zero-order valence-electron chi connectivity index (χ0n) is 7.59. The van der Waals surface area contributed by atoms with Crippen molar-refractivity contribution in [2.75, 3.05) is 0 Å². The molecule has 15 heavy (non-hydrogen) atoms. The summed E-state index contributed by atoms with van der Waals surface area (Å²) in [6.07, 6.45) is 1.46. The van der Waals surface area contributed by atoms with E-state index in [0.717, 1.165) is 5.69 Å². The number of primary amides is 1. The molecule has 0 radical (unpaired) electrons. The third-order valence-electron chi connectivity index (χ3n) is 1.84. The van der Waals surface area contributed by atoms with Crippen molar-refractivity contribution < 1.29 is 4.79 Å². The lowest BCUT2D eigenvalue weighted by atomic mass is 10.3. The number of nitrogens with zero attached hydrogens (tertiary/aromatic N) is 3. The Hall–Kier alpha value is -1.88. The predicted molar refractivity (Wildman–Crippen MR) is 54.9 cm³/mol. The van der Waals surface area contributed by atoms with Gasteiger partial charge in [0.2, 0.25) is 0 Å². The summed E-state index contributed by atoms with van der Waals surface area (Å²) in [6.45, 7) is 0. The van der Waals surface area contributed by atoms with Crippen LogP contribution < -0.4 is 5.73 Å². The molecule has 0 spiro atoms. The Bertz CT molecular complexity index is 491. The van der Waals surface area contributed by atoms with Crippen LogP contribution in [0.5, 0.6) is 0 Å². The van der Waals surface area contributed by atoms with Gasteiger partial charge in [-0.1, -0.05) is 16.8 Å². The lowest BCUT2D eigenvalue weighted by molar-refractivity contribution is 0.0995. The second kappa shape index (κ2) is 3.70. The number of amides is 1. The van der Waals surface area contributed by atoms with Crippen molar-refractivity contribution in [3.05, 3.63) is 41.2 Å². The van der Waals surface area contributed by atoms with Gasteiger partial charge in [-0.15, -0.1) is 5.10 Å². The van der Waals surface area contributed by atoms with E-state index in [1.165, 1.54) is 10.9 Å². The topological polar surface area (TPSA) is 73.8 Å². The van der Waals surface area contributed by atoms with E-state index < -0.39 is 5.91 Å². The largest absolute Gasteiger partial charge is 0.364 e. The molecular weight excluding hydrogens is 216 g/mol. The summed E-state index contributed by atoms with van der Waals surface area (Å²) in [5.41, 5.74) is 5.95. The molecular formula is C9H7ClN4O. The quantitative estimate of drug-likeness (QED) is 0.825. The molecule has 2 aromatic rings. The van der Waals surface area contributed by atoms with Crippen LogP contribution in [0.15, 0.2) is 30.5 Å². The van der Waals surface area contributed by atoms with Crippen molar-refractivity contribution in [2.45, 2.75) is 0 Å². The minimum Gasteiger partial charge on any atom is -0.364 e. The Morgan fingerprint density at radius 1 is 1.33 bits per heavy atom. The molecule has 1 aromatic carbocycles. The Labute approximate surface area is 90.5 Å². The highest BCUT2D eigenvalue weighted by molar-refractivity contribution is 6.30. The summed E-state index contributed by atoms with van der Waals surface area (Å²) in [5.74, 6) is -0.602. The van der Waals surface area contributed by atoms with Crippen LogP contribution in [0.2, 0.25) is 5.02 Å². The van der Waals surface area contributed by atoms with Crippen molar-refractivity contribution in [1.82, 2.24) is 15.0 Å². The molecule has 0 unspecified atom stereocenters. The lowest BCUT2D eigenvalue weighted by Gasteiger charge is -1.98. The van der Waals surface area contributed by atoms with Crippen molar-refractivity contribution >= 4 is 17.5 Å². The fraction of sp³-hybridized carbons (Fsp3) is 0. The van der Waals surface area contributed by atoms with Crippen LogP contribution in [-0.2, 0) is 0 Å². The number of carbonyl (C=O) groups is 1. The molecule has 1 heterocycles. The Morgan fingerprint density at radius 2 is 2.00 bits per heavy atom. The molecule has 0 saturated carbocycles. The third-order valence-corrected chi connectivity index (χ3v) is 2.09. The number of nitrogens with two attached hydrogens (primary N) is 1. The number of aromatic nitrogens is 3. The van der Waals surface area contributed by atoms with Crippen LogP contribution >= 0.6 is 11.6 Å². The molecule has 0 aliphatic rings. The highest BCUT2D eigenvalue weighted by Gasteiger charge is 2.06. The van der Waals surface area contributed by atoms with Crippen molar-refractivity contribution in [1.29, 1.82) is 0 Å². The molecule has 0 bridgehead atoms. The molecule has 0 fully saturated rings. The molecule has 1 amide bonds. The molecule has 1 aromatic heterocycles. The smallest absolute Gasteiger partial charge is 0.270 e. The molecule has 0 aliphatic carbocycles. The zero-order chi connectivity index (χ0) is 10.8. The number of hydrogen-bond acceptors (Lipinski definition) is 3. The maximum atomic E-state index is 10.8. The summed E-state index contributed by atoms with van der Waals surface area (Å²) >= 11 is 5.74. The monoisotopic (exact) mass is 222 g/mol. The van der Waals surface area contributed by atoms with E-state index in [2.05, 4.69) is 10.3 Å². The van der Waals surface area contributed by atoms with E-state index in [1.807, 2.05) is 0 Å². The second-order valence-electron chi connectivity index (χ2n) is 2.89. The number of rotatable bonds is 2. The van der Waals surface area contributed by atoms with E-state index in [4.69, 9.17) is 17.3 Å². The summed E-state index contributed by atoms with van der Waals surface area (Å²) in [4.78, 5) is 10.8. The first-order valence-corrected chi connectivity index (χ1v) is 4.53. The molecule has 6 heteroatoms.